The van der Waals surface area contributed by atoms with Crippen molar-refractivity contribution in [3.05, 3.63) is 63.7 Å². The van der Waals surface area contributed by atoms with Gasteiger partial charge in [0.2, 0.25) is 0 Å². The molecule has 0 aliphatic heterocycles. The normalized spacial score (nSPS) is 11.8. The summed E-state index contributed by atoms with van der Waals surface area (Å²) in [5.41, 5.74) is 3.11. The maximum Gasteiger partial charge on any atom is 0.264 e. The Kier molecular flexibility index (Phi) is 4.84. The summed E-state index contributed by atoms with van der Waals surface area (Å²) < 4.78 is 12.7. The fourth-order valence-electron chi connectivity index (χ4n) is 1.44. The predicted octanol–water partition coefficient (Wildman–Crippen LogP) is 4.19. The molecule has 0 fully saturated rings. The zero-order valence-electron chi connectivity index (χ0n) is 10.4. The Morgan fingerprint density at radius 1 is 1.56 bits per heavy atom. The van der Waals surface area contributed by atoms with Gasteiger partial charge in [-0.1, -0.05) is 24.3 Å². The minimum Gasteiger partial charge on any atom is -0.246 e. The minimum absolute atomic E-state index is 0.0732. The highest BCUT2D eigenvalue weighted by Gasteiger charge is 1.99. The van der Waals surface area contributed by atoms with Gasteiger partial charge in [-0.2, -0.15) is 0 Å². The molecule has 0 heterocycles. The molecule has 0 aliphatic rings. The van der Waals surface area contributed by atoms with Gasteiger partial charge in [-0.15, -0.1) is 0 Å². The van der Waals surface area contributed by atoms with Gasteiger partial charge in [0, 0.05) is 0 Å². The van der Waals surface area contributed by atoms with Crippen LogP contribution >= 0.6 is 0 Å². The van der Waals surface area contributed by atoms with Gasteiger partial charge in [-0.3, -0.25) is 0 Å². The van der Waals surface area contributed by atoms with Crippen molar-refractivity contribution in [2.24, 2.45) is 0 Å². The summed E-state index contributed by atoms with van der Waals surface area (Å²) in [4.78, 5) is 3.12. The number of benzene rings is 1. The van der Waals surface area contributed by atoms with Crippen molar-refractivity contribution in [1.29, 1.82) is 5.26 Å². The molecule has 0 saturated heterocycles. The highest BCUT2D eigenvalue weighted by Crippen LogP contribution is 2.15. The number of rotatable bonds is 3. The van der Waals surface area contributed by atoms with Gasteiger partial charge in [0.15, 0.2) is 0 Å². The summed E-state index contributed by atoms with van der Waals surface area (Å²) in [6, 6.07) is 7.33. The van der Waals surface area contributed by atoms with Gasteiger partial charge >= 0.3 is 0 Å². The standard InChI is InChI=1S/C15H13FN2/c1-11-4-6-13(8-14(11)9-16)7-5-12(2)15(10-17)18-3/h4-8H,9H2,1-2H3/b7-5+,15-12-/i16-1. The van der Waals surface area contributed by atoms with Crippen LogP contribution in [0.3, 0.4) is 0 Å². The van der Waals surface area contributed by atoms with Crippen molar-refractivity contribution in [3.63, 3.8) is 0 Å². The van der Waals surface area contributed by atoms with Crippen LogP contribution in [0.15, 0.2) is 35.5 Å². The molecule has 1 rings (SSSR count). The average Bonchev–Trinajstić information content (AvgIpc) is 2.39. The van der Waals surface area contributed by atoms with Crippen molar-refractivity contribution in [2.45, 2.75) is 20.5 Å². The Balaban J connectivity index is 3.03. The second-order valence-corrected chi connectivity index (χ2v) is 3.91. The number of nitriles is 1. The molecule has 0 atom stereocenters. The summed E-state index contributed by atoms with van der Waals surface area (Å²) >= 11 is 0. The maximum absolute atomic E-state index is 12.7. The number of hydrogen-bond donors (Lipinski definition) is 0. The van der Waals surface area contributed by atoms with E-state index in [1.807, 2.05) is 25.1 Å². The van der Waals surface area contributed by atoms with E-state index in [1.165, 1.54) is 0 Å². The predicted molar refractivity (Wildman–Crippen MR) is 69.9 cm³/mol. The van der Waals surface area contributed by atoms with E-state index >= 15 is 0 Å². The Morgan fingerprint density at radius 2 is 2.28 bits per heavy atom. The molecule has 0 radical (unpaired) electrons. The van der Waals surface area contributed by atoms with E-state index in [2.05, 4.69) is 4.85 Å². The summed E-state index contributed by atoms with van der Waals surface area (Å²) in [7, 11) is 0. The van der Waals surface area contributed by atoms with Gasteiger partial charge in [0.1, 0.15) is 6.67 Å². The third kappa shape index (κ3) is 3.30. The lowest BCUT2D eigenvalue weighted by Gasteiger charge is -2.02. The van der Waals surface area contributed by atoms with Crippen LogP contribution in [-0.4, -0.2) is 0 Å². The molecule has 0 N–H and O–H groups in total. The quantitative estimate of drug-likeness (QED) is 0.441. The van der Waals surface area contributed by atoms with Gasteiger partial charge in [-0.05, 0) is 42.2 Å². The third-order valence-electron chi connectivity index (χ3n) is 2.63. The molecule has 2 nitrogen and oxygen atoms in total. The summed E-state index contributed by atoms with van der Waals surface area (Å²) in [6.45, 7) is 9.90. The number of alkyl halides is 1. The molecule has 0 aliphatic carbocycles. The van der Waals surface area contributed by atoms with Gasteiger partial charge in [-0.25, -0.2) is 14.5 Å². The highest BCUT2D eigenvalue weighted by molar-refractivity contribution is 5.56. The maximum atomic E-state index is 12.7. The molecule has 0 aromatic heterocycles. The molecule has 0 spiro atoms. The molecule has 0 unspecified atom stereocenters. The molecule has 0 amide bonds. The van der Waals surface area contributed by atoms with Crippen LogP contribution in [0, 0.1) is 24.8 Å². The fourth-order valence-corrected chi connectivity index (χ4v) is 1.44. The van der Waals surface area contributed by atoms with Crippen LogP contribution < -0.4 is 0 Å². The Bertz CT molecular complexity index is 567. The van der Waals surface area contributed by atoms with E-state index in [-0.39, 0.29) is 5.70 Å². The molecule has 3 heteroatoms. The van der Waals surface area contributed by atoms with E-state index < -0.39 is 6.67 Å². The van der Waals surface area contributed by atoms with Crippen LogP contribution in [-0.2, 0) is 6.67 Å². The number of halogens is 1. The number of allylic oxidation sites excluding steroid dienone is 3. The summed E-state index contributed by atoms with van der Waals surface area (Å²) in [5, 5.41) is 8.71. The topological polar surface area (TPSA) is 28.1 Å². The first-order chi connectivity index (χ1) is 8.62. The summed E-state index contributed by atoms with van der Waals surface area (Å²) in [5.74, 6) is 0. The minimum atomic E-state index is -0.492. The molecular formula is C15H13FN2. The first-order valence-corrected chi connectivity index (χ1v) is 5.44. The SMILES string of the molecule is [C-]#[N+]/C(C#N)=C(C)\C=C\c1ccc(C)c(C[18F])c1. The second-order valence-electron chi connectivity index (χ2n) is 3.91. The molecule has 0 saturated carbocycles. The van der Waals surface area contributed by atoms with Crippen LogP contribution in [0.2, 0.25) is 0 Å². The smallest absolute Gasteiger partial charge is 0.246 e. The second kappa shape index (κ2) is 6.37. The summed E-state index contributed by atoms with van der Waals surface area (Å²) in [6.07, 6.45) is 3.47. The van der Waals surface area contributed by atoms with Gasteiger partial charge < -0.3 is 0 Å². The molecule has 18 heavy (non-hydrogen) atoms. The average molecular weight is 239 g/mol. The molecule has 1 aromatic rings. The lowest BCUT2D eigenvalue weighted by atomic mass is 10.0. The van der Waals surface area contributed by atoms with Crippen molar-refractivity contribution >= 4 is 6.08 Å². The van der Waals surface area contributed by atoms with E-state index in [0.717, 1.165) is 11.1 Å². The van der Waals surface area contributed by atoms with E-state index in [9.17, 15) is 4.39 Å². The first-order valence-electron chi connectivity index (χ1n) is 5.44. The van der Waals surface area contributed by atoms with Crippen LogP contribution in [0.4, 0.5) is 4.39 Å². The third-order valence-corrected chi connectivity index (χ3v) is 2.63. The Hall–Kier alpha value is -2.39. The Morgan fingerprint density at radius 3 is 2.83 bits per heavy atom. The fraction of sp³-hybridized carbons (Fsp3) is 0.200. The molecule has 1 aromatic carbocycles. The number of nitrogens with zero attached hydrogens (tertiary/aromatic N) is 2. The lowest BCUT2D eigenvalue weighted by Crippen LogP contribution is -1.86. The van der Waals surface area contributed by atoms with Crippen molar-refractivity contribution < 1.29 is 4.39 Å². The number of aryl methyl sites for hydroxylation is 1. The first kappa shape index (κ1) is 13.7. The molecule has 0 bridgehead atoms. The van der Waals surface area contributed by atoms with Crippen molar-refractivity contribution in [1.82, 2.24) is 0 Å². The van der Waals surface area contributed by atoms with Crippen LogP contribution in [0.25, 0.3) is 10.9 Å². The zero-order chi connectivity index (χ0) is 13.5. The highest BCUT2D eigenvalue weighted by atomic mass is 18.2. The zero-order valence-corrected chi connectivity index (χ0v) is 10.4. The monoisotopic (exact) mass is 239 g/mol. The lowest BCUT2D eigenvalue weighted by molar-refractivity contribution is 0.483. The van der Waals surface area contributed by atoms with E-state index in [1.54, 1.807) is 25.1 Å². The van der Waals surface area contributed by atoms with Crippen molar-refractivity contribution in [3.8, 4) is 6.07 Å². The van der Waals surface area contributed by atoms with Crippen molar-refractivity contribution in [2.75, 3.05) is 0 Å². The number of hydrogen-bond acceptors (Lipinski definition) is 1. The van der Waals surface area contributed by atoms with Gasteiger partial charge in [0.25, 0.3) is 5.70 Å². The van der Waals surface area contributed by atoms with Gasteiger partial charge in [0.05, 0.1) is 12.6 Å². The van der Waals surface area contributed by atoms with Crippen LogP contribution in [0.1, 0.15) is 23.6 Å². The molecular weight excluding hydrogens is 226 g/mol. The van der Waals surface area contributed by atoms with Crippen LogP contribution in [0.5, 0.6) is 0 Å². The Labute approximate surface area is 106 Å². The largest absolute Gasteiger partial charge is 0.264 e. The van der Waals surface area contributed by atoms with E-state index in [4.69, 9.17) is 11.8 Å². The molecule has 90 valence electrons. The van der Waals surface area contributed by atoms with E-state index in [0.29, 0.717) is 11.1 Å².